The molecule has 0 unspecified atom stereocenters. The lowest BCUT2D eigenvalue weighted by molar-refractivity contribution is -0.692. The van der Waals surface area contributed by atoms with Crippen LogP contribution in [0.2, 0.25) is 0 Å². The molecule has 0 N–H and O–H groups in total. The van der Waals surface area contributed by atoms with Crippen LogP contribution in [0.4, 0.5) is 0 Å². The second-order valence-electron chi connectivity index (χ2n) is 4.67. The van der Waals surface area contributed by atoms with Crippen molar-refractivity contribution < 1.29 is 28.9 Å². The normalized spacial score (nSPS) is 9.04. The number of carbonyl (C=O) groups excluding carboxylic acids is 2. The first-order valence-corrected chi connectivity index (χ1v) is 7.64. The first-order chi connectivity index (χ1) is 11.9. The van der Waals surface area contributed by atoms with Crippen LogP contribution < -0.4 is 19.3 Å². The summed E-state index contributed by atoms with van der Waals surface area (Å²) in [6, 6.07) is 0. The summed E-state index contributed by atoms with van der Waals surface area (Å²) in [5.74, 6) is -3.25. The third-order valence-electron chi connectivity index (χ3n) is 2.86. The standard InChI is InChI=1S/2C7H11N2.C3H4O4/c2*1-3-8-5-6-9(4-2)7-8;4-2(5)1-3(6)7/h2*3,5-7H,1,4H2,2H3;1H2,(H,4,5)(H,6,7)/q2*+1;/p-2. The van der Waals surface area contributed by atoms with Crippen molar-refractivity contribution in [1.82, 2.24) is 9.13 Å². The van der Waals surface area contributed by atoms with Gasteiger partial charge >= 0.3 is 0 Å². The maximum absolute atomic E-state index is 9.28. The predicted molar refractivity (Wildman–Crippen MR) is 88.0 cm³/mol. The Kier molecular flexibility index (Phi) is 10.7. The van der Waals surface area contributed by atoms with Gasteiger partial charge in [-0.3, -0.25) is 0 Å². The molecule has 0 aliphatic heterocycles. The van der Waals surface area contributed by atoms with Crippen molar-refractivity contribution in [3.05, 3.63) is 50.6 Å². The highest BCUT2D eigenvalue weighted by Crippen LogP contribution is 1.82. The van der Waals surface area contributed by atoms with Gasteiger partial charge in [0.1, 0.15) is 24.8 Å². The summed E-state index contributed by atoms with van der Waals surface area (Å²) in [5.41, 5.74) is 0. The number of imidazole rings is 2. The molecule has 8 nitrogen and oxygen atoms in total. The number of aryl methyl sites for hydroxylation is 2. The molecule has 0 aliphatic carbocycles. The molecule has 2 rings (SSSR count). The molecule has 0 spiro atoms. The smallest absolute Gasteiger partial charge is 0.248 e. The molecule has 0 saturated heterocycles. The van der Waals surface area contributed by atoms with Crippen LogP contribution in [-0.2, 0) is 22.7 Å². The van der Waals surface area contributed by atoms with Gasteiger partial charge in [-0.2, -0.15) is 0 Å². The molecule has 0 bridgehead atoms. The number of carboxylic acid groups (broad SMARTS) is 2. The van der Waals surface area contributed by atoms with Gasteiger partial charge in [0.2, 0.25) is 12.7 Å². The molecule has 0 aliphatic rings. The Labute approximate surface area is 147 Å². The summed E-state index contributed by atoms with van der Waals surface area (Å²) in [6.45, 7) is 13.5. The van der Waals surface area contributed by atoms with E-state index >= 15 is 0 Å². The van der Waals surface area contributed by atoms with Crippen LogP contribution in [0.15, 0.2) is 50.6 Å². The summed E-state index contributed by atoms with van der Waals surface area (Å²) in [6.07, 6.45) is 14.5. The molecule has 0 fully saturated rings. The van der Waals surface area contributed by atoms with E-state index in [1.807, 2.05) is 46.6 Å². The highest BCUT2D eigenvalue weighted by atomic mass is 16.4. The average molecular weight is 348 g/mol. The maximum Gasteiger partial charge on any atom is 0.248 e. The van der Waals surface area contributed by atoms with Crippen LogP contribution in [-0.4, -0.2) is 21.1 Å². The van der Waals surface area contributed by atoms with Crippen LogP contribution in [0.5, 0.6) is 0 Å². The lowest BCUT2D eigenvalue weighted by Gasteiger charge is -1.99. The van der Waals surface area contributed by atoms with Crippen molar-refractivity contribution in [3.63, 3.8) is 0 Å². The Morgan fingerprint density at radius 3 is 1.40 bits per heavy atom. The van der Waals surface area contributed by atoms with Crippen LogP contribution in [0.1, 0.15) is 20.3 Å². The summed E-state index contributed by atoms with van der Waals surface area (Å²) in [5, 5.41) is 18.6. The van der Waals surface area contributed by atoms with Crippen molar-refractivity contribution in [3.8, 4) is 0 Å². The molecule has 0 atom stereocenters. The lowest BCUT2D eigenvalue weighted by Crippen LogP contribution is -2.32. The van der Waals surface area contributed by atoms with Crippen molar-refractivity contribution in [2.75, 3.05) is 0 Å². The summed E-state index contributed by atoms with van der Waals surface area (Å²) < 4.78 is 8.01. The van der Waals surface area contributed by atoms with E-state index in [1.54, 1.807) is 12.4 Å². The first kappa shape index (κ1) is 21.8. The first-order valence-electron chi connectivity index (χ1n) is 7.64. The maximum atomic E-state index is 9.28. The van der Waals surface area contributed by atoms with E-state index in [-0.39, 0.29) is 0 Å². The van der Waals surface area contributed by atoms with Crippen molar-refractivity contribution >= 4 is 24.3 Å². The van der Waals surface area contributed by atoms with Crippen molar-refractivity contribution in [1.29, 1.82) is 0 Å². The predicted octanol–water partition coefficient (Wildman–Crippen LogP) is -1.33. The Hall–Kier alpha value is -3.16. The second kappa shape index (κ2) is 12.3. The lowest BCUT2D eigenvalue weighted by atomic mass is 10.5. The van der Waals surface area contributed by atoms with E-state index in [0.717, 1.165) is 13.1 Å². The van der Waals surface area contributed by atoms with Gasteiger partial charge in [0.15, 0.2) is 0 Å². The zero-order valence-electron chi connectivity index (χ0n) is 14.6. The average Bonchev–Trinajstić information content (AvgIpc) is 3.23. The number of aromatic nitrogens is 4. The highest BCUT2D eigenvalue weighted by Gasteiger charge is 1.95. The molecular weight excluding hydrogens is 324 g/mol. The summed E-state index contributed by atoms with van der Waals surface area (Å²) >= 11 is 0. The van der Waals surface area contributed by atoms with E-state index in [1.165, 1.54) is 0 Å². The van der Waals surface area contributed by atoms with Gasteiger partial charge in [0.25, 0.3) is 0 Å². The monoisotopic (exact) mass is 348 g/mol. The Morgan fingerprint density at radius 1 is 0.920 bits per heavy atom. The zero-order valence-corrected chi connectivity index (χ0v) is 14.6. The fourth-order valence-corrected chi connectivity index (χ4v) is 1.53. The minimum Gasteiger partial charge on any atom is -0.550 e. The fourth-order valence-electron chi connectivity index (χ4n) is 1.53. The van der Waals surface area contributed by atoms with Gasteiger partial charge in [-0.15, -0.1) is 0 Å². The van der Waals surface area contributed by atoms with Gasteiger partial charge < -0.3 is 19.8 Å². The number of hydrogen-bond donors (Lipinski definition) is 0. The summed E-state index contributed by atoms with van der Waals surface area (Å²) in [4.78, 5) is 18.6. The third-order valence-corrected chi connectivity index (χ3v) is 2.86. The zero-order chi connectivity index (χ0) is 19.2. The Balaban J connectivity index is 0.000000350. The molecule has 0 radical (unpaired) electrons. The van der Waals surface area contributed by atoms with Crippen molar-refractivity contribution in [2.45, 2.75) is 33.4 Å². The van der Waals surface area contributed by atoms with E-state index in [0.29, 0.717) is 0 Å². The number of hydrogen-bond acceptors (Lipinski definition) is 4. The van der Waals surface area contributed by atoms with Crippen LogP contribution in [0.3, 0.4) is 0 Å². The number of carbonyl (C=O) groups is 2. The van der Waals surface area contributed by atoms with E-state index in [9.17, 15) is 19.8 Å². The number of aliphatic carboxylic acids is 2. The highest BCUT2D eigenvalue weighted by molar-refractivity contribution is 5.86. The molecule has 2 aromatic rings. The van der Waals surface area contributed by atoms with Gasteiger partial charge in [-0.1, -0.05) is 13.2 Å². The molecule has 0 aromatic carbocycles. The minimum atomic E-state index is -1.63. The van der Waals surface area contributed by atoms with Gasteiger partial charge in [0, 0.05) is 18.4 Å². The SMILES string of the molecule is C=Cn1cc[n+](CC)c1.C=Cn1cc[n+](CC)c1.O=C([O-])CC(=O)[O-]. The number of carboxylic acids is 2. The van der Waals surface area contributed by atoms with Gasteiger partial charge in [0.05, 0.1) is 25.5 Å². The second-order valence-corrected chi connectivity index (χ2v) is 4.67. The van der Waals surface area contributed by atoms with E-state index < -0.39 is 18.4 Å². The van der Waals surface area contributed by atoms with Crippen LogP contribution >= 0.6 is 0 Å². The quantitative estimate of drug-likeness (QED) is 0.477. The largest absolute Gasteiger partial charge is 0.550 e. The Morgan fingerprint density at radius 2 is 1.28 bits per heavy atom. The molecule has 8 heteroatoms. The topological polar surface area (TPSA) is 97.9 Å². The molecule has 25 heavy (non-hydrogen) atoms. The number of rotatable bonds is 6. The van der Waals surface area contributed by atoms with Crippen LogP contribution in [0.25, 0.3) is 12.4 Å². The van der Waals surface area contributed by atoms with E-state index in [4.69, 9.17) is 0 Å². The third kappa shape index (κ3) is 10.3. The van der Waals surface area contributed by atoms with E-state index in [2.05, 4.69) is 36.1 Å². The number of nitrogens with zero attached hydrogens (tertiary/aromatic N) is 4. The van der Waals surface area contributed by atoms with Crippen LogP contribution in [0, 0.1) is 0 Å². The molecule has 0 saturated carbocycles. The molecule has 0 amide bonds. The Bertz CT molecular complexity index is 630. The van der Waals surface area contributed by atoms with Gasteiger partial charge in [-0.25, -0.2) is 18.3 Å². The molecule has 136 valence electrons. The fraction of sp³-hybridized carbons (Fsp3) is 0.294. The molecule has 2 aromatic heterocycles. The summed E-state index contributed by atoms with van der Waals surface area (Å²) in [7, 11) is 0. The molecule has 2 heterocycles. The van der Waals surface area contributed by atoms with Gasteiger partial charge in [-0.05, 0) is 13.8 Å². The van der Waals surface area contributed by atoms with Crippen molar-refractivity contribution in [2.24, 2.45) is 0 Å². The molecular formula is C17H24N4O4. The minimum absolute atomic E-state index is 1.01.